The summed E-state index contributed by atoms with van der Waals surface area (Å²) >= 11 is 0. The van der Waals surface area contributed by atoms with Crippen LogP contribution in [-0.4, -0.2) is 24.2 Å². The SMILES string of the molecule is CC(C)c1ccc(/C=C/C(=O)NCC2(CO)CC2)cc1. The van der Waals surface area contributed by atoms with E-state index >= 15 is 0 Å². The van der Waals surface area contributed by atoms with Crippen LogP contribution >= 0.6 is 0 Å². The van der Waals surface area contributed by atoms with Gasteiger partial charge < -0.3 is 10.4 Å². The average molecular weight is 273 g/mol. The maximum absolute atomic E-state index is 11.7. The number of nitrogens with one attached hydrogen (secondary N) is 1. The predicted molar refractivity (Wildman–Crippen MR) is 81.3 cm³/mol. The number of aliphatic hydroxyl groups excluding tert-OH is 1. The van der Waals surface area contributed by atoms with Crippen molar-refractivity contribution in [3.63, 3.8) is 0 Å². The van der Waals surface area contributed by atoms with E-state index in [-0.39, 0.29) is 17.9 Å². The Bertz CT molecular complexity index is 484. The molecule has 2 rings (SSSR count). The Balaban J connectivity index is 1.84. The lowest BCUT2D eigenvalue weighted by atomic mass is 10.0. The maximum Gasteiger partial charge on any atom is 0.244 e. The zero-order valence-corrected chi connectivity index (χ0v) is 12.2. The lowest BCUT2D eigenvalue weighted by molar-refractivity contribution is -0.116. The molecule has 1 saturated carbocycles. The standard InChI is InChI=1S/C17H23NO2/c1-13(2)15-6-3-14(4-7-15)5-8-16(20)18-11-17(12-19)9-10-17/h3-8,13,19H,9-12H2,1-2H3,(H,18,20)/b8-5+. The molecule has 0 bridgehead atoms. The van der Waals surface area contributed by atoms with E-state index in [0.29, 0.717) is 12.5 Å². The summed E-state index contributed by atoms with van der Waals surface area (Å²) in [4.78, 5) is 11.7. The number of hydrogen-bond acceptors (Lipinski definition) is 2. The molecular formula is C17H23NO2. The first-order chi connectivity index (χ1) is 9.54. The fraction of sp³-hybridized carbons (Fsp3) is 0.471. The molecule has 108 valence electrons. The minimum absolute atomic E-state index is 0.0393. The highest BCUT2D eigenvalue weighted by atomic mass is 16.3. The van der Waals surface area contributed by atoms with Crippen LogP contribution in [0, 0.1) is 5.41 Å². The van der Waals surface area contributed by atoms with Crippen LogP contribution in [0.2, 0.25) is 0 Å². The molecule has 1 aromatic rings. The summed E-state index contributed by atoms with van der Waals surface area (Å²) in [5.41, 5.74) is 2.28. The van der Waals surface area contributed by atoms with Crippen molar-refractivity contribution < 1.29 is 9.90 Å². The van der Waals surface area contributed by atoms with Gasteiger partial charge in [-0.2, -0.15) is 0 Å². The first-order valence-electron chi connectivity index (χ1n) is 7.21. The molecule has 0 aromatic heterocycles. The molecule has 3 nitrogen and oxygen atoms in total. The number of benzene rings is 1. The second-order valence-corrected chi connectivity index (χ2v) is 6.03. The van der Waals surface area contributed by atoms with E-state index in [1.165, 1.54) is 5.56 Å². The topological polar surface area (TPSA) is 49.3 Å². The van der Waals surface area contributed by atoms with Crippen LogP contribution in [0.4, 0.5) is 0 Å². The molecule has 0 aliphatic heterocycles. The van der Waals surface area contributed by atoms with E-state index < -0.39 is 0 Å². The summed E-state index contributed by atoms with van der Waals surface area (Å²) in [7, 11) is 0. The van der Waals surface area contributed by atoms with Crippen molar-refractivity contribution in [2.75, 3.05) is 13.2 Å². The minimum atomic E-state index is -0.0994. The maximum atomic E-state index is 11.7. The van der Waals surface area contributed by atoms with Crippen molar-refractivity contribution in [2.24, 2.45) is 5.41 Å². The van der Waals surface area contributed by atoms with Gasteiger partial charge in [-0.25, -0.2) is 0 Å². The summed E-state index contributed by atoms with van der Waals surface area (Å²) in [6.45, 7) is 5.05. The van der Waals surface area contributed by atoms with Crippen molar-refractivity contribution in [3.8, 4) is 0 Å². The third-order valence-electron chi connectivity index (χ3n) is 3.96. The van der Waals surface area contributed by atoms with E-state index in [1.807, 2.05) is 18.2 Å². The fourth-order valence-electron chi connectivity index (χ4n) is 2.07. The third-order valence-corrected chi connectivity index (χ3v) is 3.96. The molecule has 1 aliphatic carbocycles. The van der Waals surface area contributed by atoms with Crippen LogP contribution in [-0.2, 0) is 4.79 Å². The van der Waals surface area contributed by atoms with Crippen LogP contribution in [0.1, 0.15) is 43.7 Å². The molecule has 1 amide bonds. The molecule has 1 aromatic carbocycles. The summed E-state index contributed by atoms with van der Waals surface area (Å²) < 4.78 is 0. The normalized spacial score (nSPS) is 16.6. The van der Waals surface area contributed by atoms with Gasteiger partial charge in [-0.15, -0.1) is 0 Å². The predicted octanol–water partition coefficient (Wildman–Crippen LogP) is 2.71. The molecule has 0 atom stereocenters. The molecule has 2 N–H and O–H groups in total. The summed E-state index contributed by atoms with van der Waals surface area (Å²) in [6.07, 6.45) is 5.38. The first kappa shape index (κ1) is 14.8. The number of rotatable bonds is 6. The van der Waals surface area contributed by atoms with Crippen molar-refractivity contribution in [1.82, 2.24) is 5.32 Å². The van der Waals surface area contributed by atoms with Crippen LogP contribution in [0.15, 0.2) is 30.3 Å². The zero-order valence-electron chi connectivity index (χ0n) is 12.2. The third kappa shape index (κ3) is 3.94. The van der Waals surface area contributed by atoms with Gasteiger partial charge in [0, 0.05) is 18.0 Å². The minimum Gasteiger partial charge on any atom is -0.396 e. The van der Waals surface area contributed by atoms with Gasteiger partial charge in [-0.05, 0) is 36.0 Å². The summed E-state index contributed by atoms with van der Waals surface area (Å²) in [6, 6.07) is 8.23. The molecule has 0 radical (unpaired) electrons. The lowest BCUT2D eigenvalue weighted by Gasteiger charge is -2.11. The highest BCUT2D eigenvalue weighted by Crippen LogP contribution is 2.44. The second-order valence-electron chi connectivity index (χ2n) is 6.03. The molecule has 20 heavy (non-hydrogen) atoms. The van der Waals surface area contributed by atoms with Gasteiger partial charge in [0.15, 0.2) is 0 Å². The Morgan fingerprint density at radius 3 is 2.50 bits per heavy atom. The molecule has 1 aliphatic rings. The van der Waals surface area contributed by atoms with Gasteiger partial charge in [-0.1, -0.05) is 38.1 Å². The molecule has 0 heterocycles. The number of hydrogen-bond donors (Lipinski definition) is 2. The highest BCUT2D eigenvalue weighted by molar-refractivity contribution is 5.91. The summed E-state index contributed by atoms with van der Waals surface area (Å²) in [5.74, 6) is 0.419. The Labute approximate surface area is 120 Å². The Morgan fingerprint density at radius 2 is 2.00 bits per heavy atom. The van der Waals surface area contributed by atoms with Gasteiger partial charge in [0.05, 0.1) is 6.61 Å². The summed E-state index contributed by atoms with van der Waals surface area (Å²) in [5, 5.41) is 12.0. The zero-order chi connectivity index (χ0) is 14.6. The Morgan fingerprint density at radius 1 is 1.35 bits per heavy atom. The van der Waals surface area contributed by atoms with Crippen molar-refractivity contribution in [3.05, 3.63) is 41.5 Å². The van der Waals surface area contributed by atoms with Crippen LogP contribution in [0.5, 0.6) is 0 Å². The van der Waals surface area contributed by atoms with E-state index in [2.05, 4.69) is 31.3 Å². The number of carbonyl (C=O) groups excluding carboxylic acids is 1. The van der Waals surface area contributed by atoms with E-state index in [1.54, 1.807) is 6.08 Å². The second kappa shape index (κ2) is 6.23. The monoisotopic (exact) mass is 273 g/mol. The molecular weight excluding hydrogens is 250 g/mol. The Kier molecular flexibility index (Phi) is 4.61. The van der Waals surface area contributed by atoms with Crippen LogP contribution < -0.4 is 5.32 Å². The number of carbonyl (C=O) groups is 1. The number of aliphatic hydroxyl groups is 1. The molecule has 0 spiro atoms. The average Bonchev–Trinajstić information content (AvgIpc) is 3.24. The van der Waals surface area contributed by atoms with E-state index in [9.17, 15) is 9.90 Å². The molecule has 0 unspecified atom stereocenters. The largest absolute Gasteiger partial charge is 0.396 e. The lowest BCUT2D eigenvalue weighted by Crippen LogP contribution is -2.30. The van der Waals surface area contributed by atoms with Crippen molar-refractivity contribution in [1.29, 1.82) is 0 Å². The van der Waals surface area contributed by atoms with E-state index in [0.717, 1.165) is 18.4 Å². The van der Waals surface area contributed by atoms with Gasteiger partial charge in [0.25, 0.3) is 0 Å². The first-order valence-corrected chi connectivity index (χ1v) is 7.21. The number of amides is 1. The van der Waals surface area contributed by atoms with Crippen LogP contribution in [0.3, 0.4) is 0 Å². The van der Waals surface area contributed by atoms with Crippen molar-refractivity contribution >= 4 is 12.0 Å². The molecule has 1 fully saturated rings. The molecule has 3 heteroatoms. The van der Waals surface area contributed by atoms with Crippen LogP contribution in [0.25, 0.3) is 6.08 Å². The Hall–Kier alpha value is -1.61. The fourth-order valence-corrected chi connectivity index (χ4v) is 2.07. The van der Waals surface area contributed by atoms with E-state index in [4.69, 9.17) is 0 Å². The van der Waals surface area contributed by atoms with Gasteiger partial charge in [-0.3, -0.25) is 4.79 Å². The van der Waals surface area contributed by atoms with Crippen molar-refractivity contribution in [2.45, 2.75) is 32.6 Å². The highest BCUT2D eigenvalue weighted by Gasteiger charge is 2.41. The van der Waals surface area contributed by atoms with Gasteiger partial charge in [0.2, 0.25) is 5.91 Å². The quantitative estimate of drug-likeness (QED) is 0.783. The molecule has 0 saturated heterocycles. The smallest absolute Gasteiger partial charge is 0.244 e. The van der Waals surface area contributed by atoms with Gasteiger partial charge in [0.1, 0.15) is 0 Å². The van der Waals surface area contributed by atoms with Gasteiger partial charge >= 0.3 is 0 Å².